The Labute approximate surface area is 168 Å². The minimum absolute atomic E-state index is 0.0348. The number of nitrogens with zero attached hydrogens (tertiary/aromatic N) is 2. The Morgan fingerprint density at radius 2 is 2.15 bits per heavy atom. The third-order valence-electron chi connectivity index (χ3n) is 5.33. The quantitative estimate of drug-likeness (QED) is 0.622. The number of aromatic nitrogens is 2. The predicted octanol–water partition coefficient (Wildman–Crippen LogP) is 4.40. The van der Waals surface area contributed by atoms with Crippen LogP contribution in [-0.4, -0.2) is 27.5 Å². The first-order chi connectivity index (χ1) is 13.1. The maximum atomic E-state index is 13.4. The summed E-state index contributed by atoms with van der Waals surface area (Å²) in [4.78, 5) is 20.4. The molecule has 1 aromatic carbocycles. The topological polar surface area (TPSA) is 64.3 Å². The van der Waals surface area contributed by atoms with Crippen LogP contribution in [0.3, 0.4) is 0 Å². The van der Waals surface area contributed by atoms with E-state index in [9.17, 15) is 9.90 Å². The summed E-state index contributed by atoms with van der Waals surface area (Å²) < 4.78 is 7.02. The molecule has 0 bridgehead atoms. The van der Waals surface area contributed by atoms with Gasteiger partial charge in [0, 0.05) is 10.6 Å². The number of phenols is 1. The number of aromatic hydroxyl groups is 1. The Morgan fingerprint density at radius 1 is 1.33 bits per heavy atom. The van der Waals surface area contributed by atoms with Gasteiger partial charge in [0.25, 0.3) is 5.56 Å². The molecule has 0 saturated carbocycles. The number of methoxy groups -OCH3 is 1. The largest absolute Gasteiger partial charge is 0.503 e. The zero-order valence-corrected chi connectivity index (χ0v) is 17.0. The molecule has 5 rings (SSSR count). The van der Waals surface area contributed by atoms with Crippen LogP contribution < -0.4 is 10.3 Å². The van der Waals surface area contributed by atoms with Gasteiger partial charge in [-0.3, -0.25) is 9.36 Å². The van der Waals surface area contributed by atoms with Crippen LogP contribution in [0.15, 0.2) is 22.1 Å². The number of phenolic OH excluding ortho intramolecular Hbond substituents is 1. The lowest BCUT2D eigenvalue weighted by atomic mass is 9.97. The van der Waals surface area contributed by atoms with E-state index in [1.165, 1.54) is 24.0 Å². The minimum Gasteiger partial charge on any atom is -0.503 e. The average Bonchev–Trinajstić information content (AvgIpc) is 3.25. The van der Waals surface area contributed by atoms with Crippen LogP contribution in [0, 0.1) is 0 Å². The molecule has 1 atom stereocenters. The number of ether oxygens (including phenoxy) is 1. The van der Waals surface area contributed by atoms with E-state index in [2.05, 4.69) is 0 Å². The third kappa shape index (κ3) is 2.59. The molecule has 1 aliphatic carbocycles. The van der Waals surface area contributed by atoms with Crippen molar-refractivity contribution in [1.29, 1.82) is 0 Å². The van der Waals surface area contributed by atoms with Crippen molar-refractivity contribution in [2.24, 2.45) is 0 Å². The third-order valence-corrected chi connectivity index (χ3v) is 7.83. The number of rotatable bonds is 2. The van der Waals surface area contributed by atoms with Gasteiger partial charge >= 0.3 is 0 Å². The highest BCUT2D eigenvalue weighted by Gasteiger charge is 2.31. The van der Waals surface area contributed by atoms with E-state index in [0.717, 1.165) is 40.2 Å². The summed E-state index contributed by atoms with van der Waals surface area (Å²) in [5.74, 6) is 0.930. The molecule has 0 radical (unpaired) electrons. The molecule has 8 heteroatoms. The lowest BCUT2D eigenvalue weighted by molar-refractivity contribution is 0.372. The molecular weight excluding hydrogens is 404 g/mol. The molecule has 0 amide bonds. The van der Waals surface area contributed by atoms with Crippen LogP contribution in [0.5, 0.6) is 11.5 Å². The first kappa shape index (κ1) is 17.4. The van der Waals surface area contributed by atoms with Gasteiger partial charge in [-0.1, -0.05) is 23.4 Å². The molecule has 0 fully saturated rings. The molecule has 3 aromatic rings. The van der Waals surface area contributed by atoms with Crippen molar-refractivity contribution in [2.75, 3.05) is 12.9 Å². The summed E-state index contributed by atoms with van der Waals surface area (Å²) >= 11 is 9.43. The van der Waals surface area contributed by atoms with Gasteiger partial charge in [0.05, 0.1) is 23.6 Å². The number of thiophene rings is 1. The van der Waals surface area contributed by atoms with Crippen molar-refractivity contribution >= 4 is 44.9 Å². The zero-order chi connectivity index (χ0) is 18.7. The van der Waals surface area contributed by atoms with Crippen molar-refractivity contribution in [3.8, 4) is 11.5 Å². The van der Waals surface area contributed by atoms with Gasteiger partial charge < -0.3 is 9.84 Å². The van der Waals surface area contributed by atoms with Crippen molar-refractivity contribution < 1.29 is 9.84 Å². The van der Waals surface area contributed by atoms with Gasteiger partial charge in [-0.05, 0) is 48.9 Å². The summed E-state index contributed by atoms with van der Waals surface area (Å²) in [6.45, 7) is 0. The Kier molecular flexibility index (Phi) is 4.14. The normalized spacial score (nSPS) is 18.5. The second-order valence-electron chi connectivity index (χ2n) is 6.84. The average molecular weight is 421 g/mol. The molecule has 2 aliphatic rings. The van der Waals surface area contributed by atoms with E-state index >= 15 is 0 Å². The Balaban J connectivity index is 1.71. The molecule has 0 spiro atoms. The predicted molar refractivity (Wildman–Crippen MR) is 109 cm³/mol. The number of halogens is 1. The number of benzene rings is 1. The molecular formula is C19H17ClN2O3S2. The number of hydrogen-bond acceptors (Lipinski definition) is 6. The smallest absolute Gasteiger partial charge is 0.263 e. The fraction of sp³-hybridized carbons (Fsp3) is 0.368. The van der Waals surface area contributed by atoms with Crippen LogP contribution in [-0.2, 0) is 12.8 Å². The summed E-state index contributed by atoms with van der Waals surface area (Å²) in [5, 5.41) is 11.8. The molecule has 1 N–H and O–H groups in total. The number of fused-ring (bicyclic) bond motifs is 4. The van der Waals surface area contributed by atoms with Crippen LogP contribution >= 0.6 is 34.7 Å². The fourth-order valence-electron chi connectivity index (χ4n) is 3.99. The van der Waals surface area contributed by atoms with Gasteiger partial charge in [-0.2, -0.15) is 0 Å². The second kappa shape index (κ2) is 6.43. The van der Waals surface area contributed by atoms with Crippen LogP contribution in [0.1, 0.15) is 34.9 Å². The molecule has 140 valence electrons. The van der Waals surface area contributed by atoms with Crippen molar-refractivity contribution in [2.45, 2.75) is 36.9 Å². The van der Waals surface area contributed by atoms with Crippen LogP contribution in [0.4, 0.5) is 0 Å². The van der Waals surface area contributed by atoms with E-state index < -0.39 is 0 Å². The fourth-order valence-corrected chi connectivity index (χ4v) is 6.67. The van der Waals surface area contributed by atoms with E-state index in [1.54, 1.807) is 39.8 Å². The van der Waals surface area contributed by atoms with Gasteiger partial charge in [0.15, 0.2) is 16.7 Å². The molecule has 27 heavy (non-hydrogen) atoms. The van der Waals surface area contributed by atoms with E-state index in [4.69, 9.17) is 21.3 Å². The van der Waals surface area contributed by atoms with Gasteiger partial charge in [-0.25, -0.2) is 4.98 Å². The first-order valence-corrected chi connectivity index (χ1v) is 11.0. The standard InChI is InChI=1S/C19H17ClN2O3S2/c1-25-13-7-9(6-11(20)16(13)23)12-8-26-19-21-17-15(18(24)22(12)19)10-4-2-3-5-14(10)27-17/h6-7,12,23H,2-5,8H2,1H3/t12-/m1/s1. The molecule has 2 aromatic heterocycles. The first-order valence-electron chi connectivity index (χ1n) is 8.84. The number of thioether (sulfide) groups is 1. The molecule has 1 aliphatic heterocycles. The van der Waals surface area contributed by atoms with Gasteiger partial charge in [0.1, 0.15) is 4.83 Å². The van der Waals surface area contributed by atoms with E-state index in [0.29, 0.717) is 11.5 Å². The summed E-state index contributed by atoms with van der Waals surface area (Å²) in [5.41, 5.74) is 2.08. The highest BCUT2D eigenvalue weighted by Crippen LogP contribution is 2.43. The van der Waals surface area contributed by atoms with Gasteiger partial charge in [0.2, 0.25) is 0 Å². The maximum Gasteiger partial charge on any atom is 0.263 e. The van der Waals surface area contributed by atoms with Crippen molar-refractivity contribution in [1.82, 2.24) is 9.55 Å². The van der Waals surface area contributed by atoms with Crippen LogP contribution in [0.2, 0.25) is 5.02 Å². The molecule has 3 heterocycles. The molecule has 0 saturated heterocycles. The molecule has 5 nitrogen and oxygen atoms in total. The monoisotopic (exact) mass is 420 g/mol. The van der Waals surface area contributed by atoms with Crippen LogP contribution in [0.25, 0.3) is 10.2 Å². The number of aryl methyl sites for hydroxylation is 2. The number of hydrogen-bond donors (Lipinski definition) is 1. The SMILES string of the molecule is COc1cc([C@H]2CSc3nc4sc5c(c4c(=O)n32)CCCC5)cc(Cl)c1O. The van der Waals surface area contributed by atoms with E-state index in [-0.39, 0.29) is 22.4 Å². The lowest BCUT2D eigenvalue weighted by Gasteiger charge is -2.16. The Morgan fingerprint density at radius 3 is 2.96 bits per heavy atom. The summed E-state index contributed by atoms with van der Waals surface area (Å²) in [6.07, 6.45) is 4.32. The second-order valence-corrected chi connectivity index (χ2v) is 9.32. The minimum atomic E-state index is -0.180. The maximum absolute atomic E-state index is 13.4. The van der Waals surface area contributed by atoms with E-state index in [1.807, 2.05) is 0 Å². The Bertz CT molecular complexity index is 1140. The summed E-state index contributed by atoms with van der Waals surface area (Å²) in [7, 11) is 1.49. The highest BCUT2D eigenvalue weighted by atomic mass is 35.5. The summed E-state index contributed by atoms with van der Waals surface area (Å²) in [6, 6.07) is 3.28. The lowest BCUT2D eigenvalue weighted by Crippen LogP contribution is -2.25. The van der Waals surface area contributed by atoms with Gasteiger partial charge in [-0.15, -0.1) is 11.3 Å². The Hall–Kier alpha value is -1.70. The zero-order valence-electron chi connectivity index (χ0n) is 14.6. The highest BCUT2D eigenvalue weighted by molar-refractivity contribution is 7.99. The van der Waals surface area contributed by atoms with Crippen molar-refractivity contribution in [3.05, 3.63) is 43.5 Å². The van der Waals surface area contributed by atoms with Crippen molar-refractivity contribution in [3.63, 3.8) is 0 Å². The molecule has 0 unspecified atom stereocenters.